The monoisotopic (exact) mass is 293 g/mol. The van der Waals surface area contributed by atoms with Gasteiger partial charge >= 0.3 is 5.69 Å². The molecule has 21 heavy (non-hydrogen) atoms. The summed E-state index contributed by atoms with van der Waals surface area (Å²) in [6.45, 7) is 2.45. The number of nitrogens with zero attached hydrogens (tertiary/aromatic N) is 4. The number of rotatable bonds is 8. The zero-order valence-electron chi connectivity index (χ0n) is 11.5. The summed E-state index contributed by atoms with van der Waals surface area (Å²) in [6, 6.07) is 4.17. The number of carbonyl (C=O) groups is 1. The smallest absolute Gasteiger partial charge is 0.311 e. The standard InChI is InChI=1S/C12H15N5O4/c1-2-21-11-9(5-3-6-10(11)17(19)20)12(18)14-7-4-8-15-16-13/h3,5-6H,2,4,7-8H2,1H3,(H,14,18). The molecule has 0 fully saturated rings. The number of ether oxygens (including phenoxy) is 1. The van der Waals surface area contributed by atoms with Crippen LogP contribution in [0.25, 0.3) is 10.4 Å². The van der Waals surface area contributed by atoms with Crippen LogP contribution in [0.4, 0.5) is 5.69 Å². The Balaban J connectivity index is 2.85. The quantitative estimate of drug-likeness (QED) is 0.197. The van der Waals surface area contributed by atoms with Crippen molar-refractivity contribution in [2.75, 3.05) is 19.7 Å². The second-order valence-electron chi connectivity index (χ2n) is 3.91. The molecule has 112 valence electrons. The molecule has 0 radical (unpaired) electrons. The topological polar surface area (TPSA) is 130 Å². The summed E-state index contributed by atoms with van der Waals surface area (Å²) in [4.78, 5) is 25.0. The van der Waals surface area contributed by atoms with E-state index in [1.165, 1.54) is 18.2 Å². The summed E-state index contributed by atoms with van der Waals surface area (Å²) in [5.74, 6) is -0.513. The van der Waals surface area contributed by atoms with Gasteiger partial charge in [0.25, 0.3) is 5.91 Å². The third kappa shape index (κ3) is 4.66. The SMILES string of the molecule is CCOc1c(C(=O)NCCCN=[N+]=[N-])cccc1[N+](=O)[O-]. The maximum Gasteiger partial charge on any atom is 0.311 e. The summed E-state index contributed by atoms with van der Waals surface area (Å²) in [5, 5.41) is 16.9. The predicted octanol–water partition coefficient (Wildman–Crippen LogP) is 2.42. The minimum absolute atomic E-state index is 0.0439. The highest BCUT2D eigenvalue weighted by atomic mass is 16.6. The Morgan fingerprint density at radius 3 is 2.95 bits per heavy atom. The first-order chi connectivity index (χ1) is 10.1. The first-order valence-electron chi connectivity index (χ1n) is 6.31. The summed E-state index contributed by atoms with van der Waals surface area (Å²) < 4.78 is 5.23. The number of hydrogen-bond acceptors (Lipinski definition) is 5. The van der Waals surface area contributed by atoms with Crippen molar-refractivity contribution >= 4 is 11.6 Å². The Labute approximate surface area is 120 Å². The normalized spacial score (nSPS) is 9.57. The summed E-state index contributed by atoms with van der Waals surface area (Å²) >= 11 is 0. The fourth-order valence-corrected chi connectivity index (χ4v) is 1.64. The van der Waals surface area contributed by atoms with Crippen molar-refractivity contribution in [2.24, 2.45) is 5.11 Å². The van der Waals surface area contributed by atoms with E-state index in [1.807, 2.05) is 0 Å². The van der Waals surface area contributed by atoms with E-state index < -0.39 is 10.8 Å². The van der Waals surface area contributed by atoms with Crippen molar-refractivity contribution in [2.45, 2.75) is 13.3 Å². The molecule has 9 heteroatoms. The van der Waals surface area contributed by atoms with E-state index in [2.05, 4.69) is 15.3 Å². The number of hydrogen-bond donors (Lipinski definition) is 1. The van der Waals surface area contributed by atoms with E-state index in [1.54, 1.807) is 6.92 Å². The number of nitrogens with one attached hydrogen (secondary N) is 1. The van der Waals surface area contributed by atoms with Crippen molar-refractivity contribution < 1.29 is 14.5 Å². The van der Waals surface area contributed by atoms with Crippen LogP contribution in [0.15, 0.2) is 23.3 Å². The van der Waals surface area contributed by atoms with Gasteiger partial charge in [0.05, 0.1) is 17.1 Å². The number of amides is 1. The van der Waals surface area contributed by atoms with Crippen LogP contribution >= 0.6 is 0 Å². The lowest BCUT2D eigenvalue weighted by molar-refractivity contribution is -0.385. The van der Waals surface area contributed by atoms with Crippen LogP contribution in [0.1, 0.15) is 23.7 Å². The van der Waals surface area contributed by atoms with Gasteiger partial charge in [-0.05, 0) is 24.9 Å². The molecule has 0 bridgehead atoms. The van der Waals surface area contributed by atoms with E-state index in [0.717, 1.165) is 0 Å². The lowest BCUT2D eigenvalue weighted by atomic mass is 10.1. The molecule has 0 atom stereocenters. The third-order valence-corrected chi connectivity index (χ3v) is 2.51. The first kappa shape index (κ1) is 16.3. The molecule has 0 unspecified atom stereocenters. The van der Waals surface area contributed by atoms with Gasteiger partial charge in [-0.2, -0.15) is 0 Å². The van der Waals surface area contributed by atoms with Gasteiger partial charge in [-0.25, -0.2) is 0 Å². The highest BCUT2D eigenvalue weighted by molar-refractivity contribution is 5.98. The molecule has 0 saturated carbocycles. The van der Waals surface area contributed by atoms with Crippen molar-refractivity contribution in [3.8, 4) is 5.75 Å². The van der Waals surface area contributed by atoms with Crippen LogP contribution in [0.2, 0.25) is 0 Å². The lowest BCUT2D eigenvalue weighted by Gasteiger charge is -2.10. The van der Waals surface area contributed by atoms with E-state index in [4.69, 9.17) is 10.3 Å². The van der Waals surface area contributed by atoms with Crippen LogP contribution < -0.4 is 10.1 Å². The zero-order valence-corrected chi connectivity index (χ0v) is 11.5. The van der Waals surface area contributed by atoms with Gasteiger partial charge < -0.3 is 10.1 Å². The molecule has 0 aromatic heterocycles. The minimum atomic E-state index is -0.594. The van der Waals surface area contributed by atoms with Gasteiger partial charge in [0.2, 0.25) is 5.75 Å². The number of benzene rings is 1. The van der Waals surface area contributed by atoms with Crippen LogP contribution in [0.3, 0.4) is 0 Å². The average Bonchev–Trinajstić information content (AvgIpc) is 2.47. The number of para-hydroxylation sites is 1. The zero-order chi connectivity index (χ0) is 15.7. The second kappa shape index (κ2) is 8.39. The molecule has 1 rings (SSSR count). The van der Waals surface area contributed by atoms with Gasteiger partial charge in [0, 0.05) is 24.1 Å². The summed E-state index contributed by atoms with van der Waals surface area (Å²) in [6.07, 6.45) is 0.481. The highest BCUT2D eigenvalue weighted by Crippen LogP contribution is 2.30. The molecule has 0 spiro atoms. The third-order valence-electron chi connectivity index (χ3n) is 2.51. The Kier molecular flexibility index (Phi) is 6.49. The van der Waals surface area contributed by atoms with Crippen LogP contribution in [-0.4, -0.2) is 30.5 Å². The summed E-state index contributed by atoms with van der Waals surface area (Å²) in [5.41, 5.74) is 7.98. The van der Waals surface area contributed by atoms with E-state index in [0.29, 0.717) is 13.0 Å². The first-order valence-corrected chi connectivity index (χ1v) is 6.31. The van der Waals surface area contributed by atoms with Gasteiger partial charge in [-0.15, -0.1) is 0 Å². The predicted molar refractivity (Wildman–Crippen MR) is 75.2 cm³/mol. The van der Waals surface area contributed by atoms with Crippen molar-refractivity contribution in [3.63, 3.8) is 0 Å². The van der Waals surface area contributed by atoms with Crippen LogP contribution in [-0.2, 0) is 0 Å². The molecule has 1 aromatic carbocycles. The molecule has 1 amide bonds. The Bertz CT molecular complexity index is 569. The number of nitro groups is 1. The van der Waals surface area contributed by atoms with E-state index in [-0.39, 0.29) is 30.2 Å². The average molecular weight is 293 g/mol. The lowest BCUT2D eigenvalue weighted by Crippen LogP contribution is -2.25. The molecule has 9 nitrogen and oxygen atoms in total. The van der Waals surface area contributed by atoms with Crippen LogP contribution in [0.5, 0.6) is 5.75 Å². The molecule has 0 saturated heterocycles. The Morgan fingerprint density at radius 2 is 2.33 bits per heavy atom. The van der Waals surface area contributed by atoms with Crippen molar-refractivity contribution in [1.29, 1.82) is 0 Å². The van der Waals surface area contributed by atoms with Gasteiger partial charge in [-0.3, -0.25) is 14.9 Å². The van der Waals surface area contributed by atoms with E-state index in [9.17, 15) is 14.9 Å². The molecule has 0 heterocycles. The maximum atomic E-state index is 12.0. The summed E-state index contributed by atoms with van der Waals surface area (Å²) in [7, 11) is 0. The Hall–Kier alpha value is -2.80. The van der Waals surface area contributed by atoms with Crippen LogP contribution in [0, 0.1) is 10.1 Å². The van der Waals surface area contributed by atoms with Gasteiger partial charge in [0.1, 0.15) is 0 Å². The molecule has 1 N–H and O–H groups in total. The van der Waals surface area contributed by atoms with E-state index >= 15 is 0 Å². The number of nitro benzene ring substituents is 1. The minimum Gasteiger partial charge on any atom is -0.487 e. The molecular weight excluding hydrogens is 278 g/mol. The molecule has 1 aromatic rings. The fraction of sp³-hybridized carbons (Fsp3) is 0.417. The van der Waals surface area contributed by atoms with Gasteiger partial charge in [-0.1, -0.05) is 11.2 Å². The largest absolute Gasteiger partial charge is 0.487 e. The Morgan fingerprint density at radius 1 is 1.57 bits per heavy atom. The fourth-order valence-electron chi connectivity index (χ4n) is 1.64. The molecule has 0 aliphatic carbocycles. The van der Waals surface area contributed by atoms with Gasteiger partial charge in [0.15, 0.2) is 0 Å². The molecule has 0 aliphatic heterocycles. The highest BCUT2D eigenvalue weighted by Gasteiger charge is 2.22. The molecule has 0 aliphatic rings. The van der Waals surface area contributed by atoms with Crippen molar-refractivity contribution in [3.05, 3.63) is 44.3 Å². The number of azide groups is 1. The van der Waals surface area contributed by atoms with Crippen molar-refractivity contribution in [1.82, 2.24) is 5.32 Å². The molecular formula is C12H15N5O4. The number of carbonyl (C=O) groups excluding carboxylic acids is 1. The maximum absolute atomic E-state index is 12.0. The second-order valence-corrected chi connectivity index (χ2v) is 3.91.